The number of nitrogens with zero attached hydrogens (tertiary/aromatic N) is 4. The van der Waals surface area contributed by atoms with E-state index in [2.05, 4.69) is 15.0 Å². The van der Waals surface area contributed by atoms with Gasteiger partial charge < -0.3 is 0 Å². The Morgan fingerprint density at radius 1 is 0.750 bits per heavy atom. The summed E-state index contributed by atoms with van der Waals surface area (Å²) >= 11 is 12.6. The van der Waals surface area contributed by atoms with E-state index < -0.39 is 11.2 Å². The maximum absolute atomic E-state index is 12.7. The molecule has 154 valence electrons. The molecule has 32 heavy (non-hydrogen) atoms. The number of hydrogen-bond acceptors (Lipinski definition) is 5. The van der Waals surface area contributed by atoms with E-state index in [1.807, 2.05) is 48.5 Å². The molecule has 3 heterocycles. The van der Waals surface area contributed by atoms with Gasteiger partial charge in [0.1, 0.15) is 0 Å². The maximum atomic E-state index is 12.7. The number of aromatic nitrogens is 5. The van der Waals surface area contributed by atoms with Crippen molar-refractivity contribution in [3.05, 3.63) is 91.5 Å². The second-order valence-electron chi connectivity index (χ2n) is 7.24. The van der Waals surface area contributed by atoms with Crippen molar-refractivity contribution in [2.24, 2.45) is 0 Å². The Kier molecular flexibility index (Phi) is 4.05. The van der Waals surface area contributed by atoms with Crippen LogP contribution in [-0.4, -0.2) is 24.5 Å². The highest BCUT2D eigenvalue weighted by atomic mass is 35.5. The molecule has 0 radical (unpaired) electrons. The Morgan fingerprint density at radius 3 is 2.06 bits per heavy atom. The number of benzene rings is 3. The molecular formula is C23H11Cl2N5O2. The van der Waals surface area contributed by atoms with Gasteiger partial charge in [0.2, 0.25) is 0 Å². The summed E-state index contributed by atoms with van der Waals surface area (Å²) in [6.45, 7) is 0. The minimum atomic E-state index is -0.764. The first kappa shape index (κ1) is 18.9. The first-order chi connectivity index (χ1) is 15.5. The normalized spacial score (nSPS) is 11.7. The Bertz CT molecular complexity index is 1760. The van der Waals surface area contributed by atoms with Crippen molar-refractivity contribution < 1.29 is 0 Å². The number of rotatable bonds is 1. The van der Waals surface area contributed by atoms with Crippen LogP contribution in [0.15, 0.2) is 70.3 Å². The smallest absolute Gasteiger partial charge is 0.289 e. The van der Waals surface area contributed by atoms with Gasteiger partial charge in [-0.2, -0.15) is 4.98 Å². The van der Waals surface area contributed by atoms with E-state index in [4.69, 9.17) is 28.2 Å². The lowest BCUT2D eigenvalue weighted by Gasteiger charge is -2.20. The van der Waals surface area contributed by atoms with E-state index >= 15 is 0 Å². The van der Waals surface area contributed by atoms with E-state index in [1.165, 1.54) is 0 Å². The van der Waals surface area contributed by atoms with Gasteiger partial charge in [0.05, 0.1) is 37.8 Å². The average Bonchev–Trinajstić information content (AvgIpc) is 2.78. The second kappa shape index (κ2) is 6.85. The van der Waals surface area contributed by atoms with E-state index in [-0.39, 0.29) is 11.5 Å². The quantitative estimate of drug-likeness (QED) is 0.363. The monoisotopic (exact) mass is 459 g/mol. The Labute approximate surface area is 189 Å². The molecule has 2 aliphatic heterocycles. The van der Waals surface area contributed by atoms with Crippen LogP contribution in [-0.2, 0) is 0 Å². The molecule has 7 nitrogen and oxygen atoms in total. The topological polar surface area (TPSA) is 93.5 Å². The zero-order valence-corrected chi connectivity index (χ0v) is 17.6. The third-order valence-corrected chi connectivity index (χ3v) is 6.06. The van der Waals surface area contributed by atoms with Crippen molar-refractivity contribution in [2.45, 2.75) is 0 Å². The van der Waals surface area contributed by atoms with Gasteiger partial charge in [-0.05, 0) is 24.3 Å². The number of fused-ring (bicyclic) bond motifs is 4. The summed E-state index contributed by atoms with van der Waals surface area (Å²) in [5.74, 6) is 0.117. The summed E-state index contributed by atoms with van der Waals surface area (Å²) in [5, 5.41) is 2.23. The first-order valence-electron chi connectivity index (χ1n) is 9.61. The predicted molar refractivity (Wildman–Crippen MR) is 125 cm³/mol. The molecule has 0 fully saturated rings. The average molecular weight is 460 g/mol. The van der Waals surface area contributed by atoms with Crippen LogP contribution in [0.5, 0.6) is 0 Å². The lowest BCUT2D eigenvalue weighted by atomic mass is 10.1. The summed E-state index contributed by atoms with van der Waals surface area (Å²) in [5.41, 5.74) is 1.80. The molecule has 0 unspecified atom stereocenters. The number of para-hydroxylation sites is 2. The molecule has 3 aromatic carbocycles. The molecule has 2 aliphatic rings. The highest BCUT2D eigenvalue weighted by Gasteiger charge is 2.23. The molecule has 0 atom stereocenters. The van der Waals surface area contributed by atoms with Crippen molar-refractivity contribution in [1.82, 2.24) is 24.5 Å². The number of halogens is 2. The van der Waals surface area contributed by atoms with Crippen LogP contribution in [0, 0.1) is 0 Å². The number of H-pyrrole nitrogens is 1. The third-order valence-electron chi connectivity index (χ3n) is 5.34. The minimum Gasteiger partial charge on any atom is -0.289 e. The Hall–Kier alpha value is -3.81. The van der Waals surface area contributed by atoms with Crippen molar-refractivity contribution >= 4 is 56.0 Å². The standard InChI is InChI=1S/C23H11Cl2N5O2/c24-13-9-17-18(10-14(13)25)30(21-19(27-17)22(31)29-23(32)28-21)20-11-5-1-3-7-15(11)26-16-8-4-2-6-12(16)20/h1-10H,(H,29,31,32). The summed E-state index contributed by atoms with van der Waals surface area (Å²) in [7, 11) is 0. The van der Waals surface area contributed by atoms with E-state index in [0.717, 1.165) is 21.8 Å². The predicted octanol–water partition coefficient (Wildman–Crippen LogP) is 4.58. The van der Waals surface area contributed by atoms with E-state index in [0.29, 0.717) is 26.8 Å². The summed E-state index contributed by atoms with van der Waals surface area (Å²) < 4.78 is 1.74. The fraction of sp³-hybridized carbons (Fsp3) is 0. The molecule has 0 amide bonds. The summed E-state index contributed by atoms with van der Waals surface area (Å²) in [4.78, 5) is 40.4. The molecule has 0 bridgehead atoms. The number of pyridine rings is 1. The molecular weight excluding hydrogens is 449 g/mol. The molecule has 0 spiro atoms. The second-order valence-corrected chi connectivity index (χ2v) is 8.05. The molecule has 1 N–H and O–H groups in total. The largest absolute Gasteiger partial charge is 0.349 e. The van der Waals surface area contributed by atoms with Gasteiger partial charge in [-0.15, -0.1) is 0 Å². The number of nitrogens with one attached hydrogen (secondary N) is 1. The summed E-state index contributed by atoms with van der Waals surface area (Å²) in [6.07, 6.45) is 0. The minimum absolute atomic E-state index is 0.0143. The van der Waals surface area contributed by atoms with Crippen LogP contribution in [0.3, 0.4) is 0 Å². The van der Waals surface area contributed by atoms with E-state index in [1.54, 1.807) is 16.7 Å². The highest BCUT2D eigenvalue weighted by molar-refractivity contribution is 6.42. The van der Waals surface area contributed by atoms with Gasteiger partial charge in [0.15, 0.2) is 11.5 Å². The van der Waals surface area contributed by atoms with E-state index in [9.17, 15) is 9.59 Å². The van der Waals surface area contributed by atoms with Crippen molar-refractivity contribution in [2.75, 3.05) is 0 Å². The Morgan fingerprint density at radius 2 is 1.38 bits per heavy atom. The van der Waals surface area contributed by atoms with Crippen LogP contribution in [0.1, 0.15) is 0 Å². The summed E-state index contributed by atoms with van der Waals surface area (Å²) in [6, 6.07) is 18.5. The van der Waals surface area contributed by atoms with Gasteiger partial charge in [-0.1, -0.05) is 59.6 Å². The third kappa shape index (κ3) is 2.72. The van der Waals surface area contributed by atoms with Crippen LogP contribution >= 0.6 is 23.2 Å². The van der Waals surface area contributed by atoms with Crippen LogP contribution in [0.4, 0.5) is 0 Å². The van der Waals surface area contributed by atoms with Crippen LogP contribution in [0.25, 0.3) is 50.0 Å². The first-order valence-corrected chi connectivity index (χ1v) is 10.4. The molecule has 1 aromatic heterocycles. The van der Waals surface area contributed by atoms with Gasteiger partial charge in [0.25, 0.3) is 5.56 Å². The van der Waals surface area contributed by atoms with Gasteiger partial charge >= 0.3 is 5.69 Å². The molecule has 6 rings (SSSR count). The van der Waals surface area contributed by atoms with Crippen LogP contribution < -0.4 is 11.2 Å². The van der Waals surface area contributed by atoms with Crippen molar-refractivity contribution in [3.63, 3.8) is 0 Å². The molecule has 0 aliphatic carbocycles. The highest BCUT2D eigenvalue weighted by Crippen LogP contribution is 2.36. The van der Waals surface area contributed by atoms with Gasteiger partial charge in [-0.3, -0.25) is 14.3 Å². The van der Waals surface area contributed by atoms with Gasteiger partial charge in [-0.25, -0.2) is 14.8 Å². The van der Waals surface area contributed by atoms with Crippen LogP contribution in [0.2, 0.25) is 10.0 Å². The lowest BCUT2D eigenvalue weighted by Crippen LogP contribution is -2.28. The lowest BCUT2D eigenvalue weighted by molar-refractivity contribution is 0.943. The number of aromatic amines is 1. The molecule has 4 aromatic rings. The van der Waals surface area contributed by atoms with Crippen molar-refractivity contribution in [3.8, 4) is 17.2 Å². The molecule has 9 heteroatoms. The fourth-order valence-corrected chi connectivity index (χ4v) is 4.32. The zero-order chi connectivity index (χ0) is 22.0. The maximum Gasteiger partial charge on any atom is 0.349 e. The van der Waals surface area contributed by atoms with Gasteiger partial charge in [0, 0.05) is 10.8 Å². The SMILES string of the molecule is O=c1nc2n(-c3c4ccccc4nc4ccccc34)c3cc(Cl)c(Cl)cc3nc-2c(=O)[nH]1. The zero-order valence-electron chi connectivity index (χ0n) is 16.1. The Balaban J connectivity index is 1.96. The fourth-order valence-electron chi connectivity index (χ4n) is 4.01. The molecule has 0 saturated carbocycles. The van der Waals surface area contributed by atoms with Crippen molar-refractivity contribution in [1.29, 1.82) is 0 Å². The number of hydrogen-bond donors (Lipinski definition) is 1. The molecule has 0 saturated heterocycles.